The van der Waals surface area contributed by atoms with Crippen LogP contribution in [0.3, 0.4) is 0 Å². The lowest BCUT2D eigenvalue weighted by atomic mass is 10.2. The molecule has 0 atom stereocenters. The number of fused-ring (bicyclic) bond motifs is 4. The molecule has 2 fully saturated rings. The SMILES string of the molecule is COc1cc(CNc2ncnc3c2nc(C2CC2)n3COCC[Si](C)(C)C)ccn1.COc1cc(CNc2ncnc3c2nc(I)n3COCC[Si](C)(C)C)ccn1.COc1cc(CNc2ncnc3nc(C4CC4)[nH]c23)ccn1.C[Si](C)(C)CCOCn1c(I)nc2c(Cl)ncnc21. The number of aromatic nitrogens is 19. The normalized spacial score (nSPS) is 13.2. The maximum atomic E-state index is 6.03. The summed E-state index contributed by atoms with van der Waals surface area (Å²) in [4.78, 5) is 68.6. The second kappa shape index (κ2) is 34.4. The largest absolute Gasteiger partial charge is 0.481 e. The lowest BCUT2D eigenvalue weighted by molar-refractivity contribution is 0.0874. The van der Waals surface area contributed by atoms with Gasteiger partial charge in [-0.1, -0.05) is 70.5 Å². The van der Waals surface area contributed by atoms with Gasteiger partial charge < -0.3 is 49.4 Å². The number of hydrogen-bond acceptors (Lipinski definition) is 24. The molecule has 0 aliphatic heterocycles. The lowest BCUT2D eigenvalue weighted by Gasteiger charge is -2.16. The first-order chi connectivity index (χ1) is 47.5. The number of imidazole rings is 4. The van der Waals surface area contributed by atoms with Gasteiger partial charge in [-0.3, -0.25) is 13.7 Å². The lowest BCUT2D eigenvalue weighted by Crippen LogP contribution is -2.22. The monoisotopic (exact) mass is 1640 g/mol. The van der Waals surface area contributed by atoms with Crippen LogP contribution in [0.1, 0.15) is 65.9 Å². The molecule has 0 spiro atoms. The number of rotatable bonds is 29. The van der Waals surface area contributed by atoms with Crippen LogP contribution in [-0.2, 0) is 54.0 Å². The summed E-state index contributed by atoms with van der Waals surface area (Å²) in [6, 6.07) is 14.9. The van der Waals surface area contributed by atoms with Gasteiger partial charge in [0.15, 0.2) is 63.9 Å². The smallest absolute Gasteiger partial charge is 0.213 e. The number of hydrogen-bond donors (Lipinski definition) is 4. The summed E-state index contributed by atoms with van der Waals surface area (Å²) >= 11 is 10.4. The number of ether oxygens (including phenoxy) is 6. The first-order valence-corrected chi connectivity index (χ1v) is 46.4. The molecule has 28 nitrogen and oxygen atoms in total. The molecule has 4 N–H and O–H groups in total. The van der Waals surface area contributed by atoms with Gasteiger partial charge in [0.2, 0.25) is 17.6 Å². The molecular formula is C65H87ClI2N22O6Si3. The summed E-state index contributed by atoms with van der Waals surface area (Å²) in [6.07, 6.45) is 16.1. The van der Waals surface area contributed by atoms with Crippen LogP contribution in [0, 0.1) is 7.66 Å². The Bertz CT molecular complexity index is 4460. The van der Waals surface area contributed by atoms with E-state index in [0.717, 1.165) is 119 Å². The minimum absolute atomic E-state index is 0.378. The molecule has 13 rings (SSSR count). The molecule has 2 aliphatic carbocycles. The van der Waals surface area contributed by atoms with Gasteiger partial charge in [0.05, 0.1) is 21.3 Å². The van der Waals surface area contributed by atoms with Crippen molar-refractivity contribution in [2.24, 2.45) is 0 Å². The molecule has 0 amide bonds. The highest BCUT2D eigenvalue weighted by molar-refractivity contribution is 14.1. The summed E-state index contributed by atoms with van der Waals surface area (Å²) in [5.74, 6) is 7.11. The Morgan fingerprint density at radius 3 is 1.32 bits per heavy atom. The average molecular weight is 1650 g/mol. The van der Waals surface area contributed by atoms with E-state index in [1.54, 1.807) is 52.6 Å². The Labute approximate surface area is 611 Å². The number of methoxy groups -OCH3 is 3. The van der Waals surface area contributed by atoms with Crippen LogP contribution in [0.5, 0.6) is 17.6 Å². The minimum atomic E-state index is -1.11. The van der Waals surface area contributed by atoms with Gasteiger partial charge in [-0.05, 0) is 78.7 Å². The van der Waals surface area contributed by atoms with Gasteiger partial charge in [0.1, 0.15) is 68.2 Å². The second-order valence-corrected chi connectivity index (χ2v) is 46.6. The minimum Gasteiger partial charge on any atom is -0.481 e. The van der Waals surface area contributed by atoms with E-state index < -0.39 is 24.2 Å². The van der Waals surface area contributed by atoms with Gasteiger partial charge in [-0.25, -0.2) is 74.8 Å². The van der Waals surface area contributed by atoms with E-state index in [-0.39, 0.29) is 0 Å². The van der Waals surface area contributed by atoms with Crippen molar-refractivity contribution in [3.05, 3.63) is 121 Å². The summed E-state index contributed by atoms with van der Waals surface area (Å²) in [6.45, 7) is 26.6. The van der Waals surface area contributed by atoms with E-state index >= 15 is 0 Å². The summed E-state index contributed by atoms with van der Waals surface area (Å²) in [5.41, 5.74) is 9.23. The highest BCUT2D eigenvalue weighted by atomic mass is 127. The number of anilines is 3. The maximum absolute atomic E-state index is 6.03. The average Bonchev–Trinajstić information content (AvgIpc) is 1.62. The van der Waals surface area contributed by atoms with Crippen molar-refractivity contribution >= 4 is 143 Å². The van der Waals surface area contributed by atoms with Gasteiger partial charge in [0, 0.05) is 157 Å². The van der Waals surface area contributed by atoms with Crippen molar-refractivity contribution in [3.8, 4) is 17.6 Å². The third kappa shape index (κ3) is 21.6. The van der Waals surface area contributed by atoms with Gasteiger partial charge >= 0.3 is 0 Å². The van der Waals surface area contributed by atoms with E-state index in [2.05, 4.69) is 199 Å². The number of H-pyrrole nitrogens is 1. The molecule has 2 aliphatic rings. The van der Waals surface area contributed by atoms with Crippen molar-refractivity contribution in [2.45, 2.75) is 154 Å². The zero-order valence-electron chi connectivity index (χ0n) is 58.1. The number of aromatic amines is 1. The molecule has 0 saturated heterocycles. The summed E-state index contributed by atoms with van der Waals surface area (Å²) < 4.78 is 40.8. The molecule has 99 heavy (non-hydrogen) atoms. The quantitative estimate of drug-likeness (QED) is 0.0111. The van der Waals surface area contributed by atoms with E-state index in [4.69, 9.17) is 45.0 Å². The van der Waals surface area contributed by atoms with Crippen LogP contribution in [0.25, 0.3) is 44.7 Å². The highest BCUT2D eigenvalue weighted by Crippen LogP contribution is 2.42. The van der Waals surface area contributed by atoms with E-state index in [9.17, 15) is 0 Å². The van der Waals surface area contributed by atoms with E-state index in [1.807, 2.05) is 45.5 Å². The molecule has 2 saturated carbocycles. The fourth-order valence-corrected chi connectivity index (χ4v) is 13.4. The number of pyridine rings is 3. The number of nitrogens with one attached hydrogen (secondary N) is 4. The summed E-state index contributed by atoms with van der Waals surface area (Å²) in [7, 11) is 1.56. The van der Waals surface area contributed by atoms with Gasteiger partial charge in [-0.2, -0.15) is 0 Å². The zero-order chi connectivity index (χ0) is 70.3. The third-order valence-corrected chi connectivity index (χ3v) is 22.8. The Kier molecular flexibility index (Phi) is 25.9. The summed E-state index contributed by atoms with van der Waals surface area (Å²) in [5, 5.41) is 10.4. The topological polar surface area (TPSA) is 315 Å². The van der Waals surface area contributed by atoms with Crippen LogP contribution in [-0.4, -0.2) is 159 Å². The van der Waals surface area contributed by atoms with Crippen LogP contribution >= 0.6 is 56.8 Å². The molecule has 34 heteroatoms. The Balaban J connectivity index is 0.000000145. The standard InChI is InChI=1S/C21H30N6O2Si.C18H25IN6O2Si.C15H16N6O.C11H16ClIN4OSi/c1-28-17-11-15(7-8-22-17)12-23-19-18-21(25-13-24-19)27(20(26-18)16-5-6-16)14-29-9-10-30(2,3)4;1-26-14-9-13(5-6-20-14)10-21-16-15-17(23-11-22-16)25(18(19)24-15)12-27-7-8-28(2,3)4;1-22-11-6-9(4-5-16-11)7-17-14-12-15(19-8-18-14)21-13(20-12)10-2-3-10;1-19(2,3)5-4-18-7-17-10-8(16-11(17)13)9(12)14-6-15-10/h7-8,11,13,16H,5-6,9-10,12,14H2,1-4H3,(H,23,24,25);5-6,9,11H,7-8,10,12H2,1-4H3,(H,21,22,23);4-6,8,10H,2-3,7H2,1H3,(H2,17,18,19,20,21);6H,4-5,7H2,1-3H3. The zero-order valence-corrected chi connectivity index (χ0v) is 66.2. The highest BCUT2D eigenvalue weighted by Gasteiger charge is 2.32. The molecule has 11 aromatic rings. The van der Waals surface area contributed by atoms with Crippen LogP contribution < -0.4 is 30.2 Å². The van der Waals surface area contributed by atoms with Crippen LogP contribution in [0.15, 0.2) is 80.3 Å². The van der Waals surface area contributed by atoms with Crippen LogP contribution in [0.2, 0.25) is 82.2 Å². The first kappa shape index (κ1) is 74.4. The number of halogens is 3. The molecule has 0 unspecified atom stereocenters. The Morgan fingerprint density at radius 2 is 0.869 bits per heavy atom. The van der Waals surface area contributed by atoms with E-state index in [1.165, 1.54) is 38.3 Å². The Morgan fingerprint density at radius 1 is 0.475 bits per heavy atom. The van der Waals surface area contributed by atoms with Crippen LogP contribution in [0.4, 0.5) is 17.5 Å². The second-order valence-electron chi connectivity index (χ2n) is 27.5. The first-order valence-electron chi connectivity index (χ1n) is 32.8. The van der Waals surface area contributed by atoms with Crippen molar-refractivity contribution in [1.29, 1.82) is 0 Å². The molecule has 11 aromatic heterocycles. The van der Waals surface area contributed by atoms with Gasteiger partial charge in [-0.15, -0.1) is 0 Å². The predicted octanol–water partition coefficient (Wildman–Crippen LogP) is 13.4. The molecule has 0 aromatic carbocycles. The Hall–Kier alpha value is -7.27. The van der Waals surface area contributed by atoms with Crippen molar-refractivity contribution in [1.82, 2.24) is 93.4 Å². The molecule has 0 bridgehead atoms. The predicted molar refractivity (Wildman–Crippen MR) is 409 cm³/mol. The molecule has 11 heterocycles. The van der Waals surface area contributed by atoms with Crippen molar-refractivity contribution in [2.75, 3.05) is 57.1 Å². The fourth-order valence-electron chi connectivity index (χ4n) is 9.72. The van der Waals surface area contributed by atoms with E-state index in [0.29, 0.717) is 91.4 Å². The molecular weight excluding hydrogens is 1560 g/mol. The molecule has 0 radical (unpaired) electrons. The maximum Gasteiger partial charge on any atom is 0.213 e. The fraction of sp³-hybridized carbons (Fsp3) is 0.462. The number of nitrogens with zero attached hydrogens (tertiary/aromatic N) is 18. The van der Waals surface area contributed by atoms with Gasteiger partial charge in [0.25, 0.3) is 0 Å². The third-order valence-electron chi connectivity index (χ3n) is 15.8. The van der Waals surface area contributed by atoms with Crippen molar-refractivity contribution < 1.29 is 28.4 Å². The molecule has 526 valence electrons. The van der Waals surface area contributed by atoms with Crippen molar-refractivity contribution in [3.63, 3.8) is 0 Å².